The molecule has 0 bridgehead atoms. The normalized spacial score (nSPS) is 13.5. The maximum Gasteiger partial charge on any atom is 0.283 e. The quantitative estimate of drug-likeness (QED) is 0.507. The highest BCUT2D eigenvalue weighted by molar-refractivity contribution is 6.53. The first-order valence-corrected chi connectivity index (χ1v) is 10.7. The van der Waals surface area contributed by atoms with Gasteiger partial charge in [0.1, 0.15) is 10.7 Å². The van der Waals surface area contributed by atoms with Gasteiger partial charge in [-0.25, -0.2) is 4.90 Å². The average Bonchev–Trinajstić information content (AvgIpc) is 2.99. The van der Waals surface area contributed by atoms with E-state index >= 15 is 0 Å². The topological polar surface area (TPSA) is 78.5 Å². The summed E-state index contributed by atoms with van der Waals surface area (Å²) in [5, 5.41) is 5.61. The third-order valence-corrected chi connectivity index (χ3v) is 5.76. The molecule has 0 aromatic heterocycles. The van der Waals surface area contributed by atoms with Crippen molar-refractivity contribution in [3.05, 3.63) is 99.7 Å². The fourth-order valence-electron chi connectivity index (χ4n) is 3.68. The lowest BCUT2D eigenvalue weighted by Crippen LogP contribution is -2.32. The molecule has 1 aliphatic heterocycles. The zero-order valence-electron chi connectivity index (χ0n) is 18.4. The van der Waals surface area contributed by atoms with Crippen LogP contribution < -0.4 is 15.5 Å². The van der Waals surface area contributed by atoms with Gasteiger partial charge in [0.05, 0.1) is 5.69 Å². The van der Waals surface area contributed by atoms with Gasteiger partial charge in [0, 0.05) is 16.9 Å². The second kappa shape index (κ2) is 8.92. The molecule has 0 spiro atoms. The van der Waals surface area contributed by atoms with Crippen molar-refractivity contribution >= 4 is 46.4 Å². The molecule has 166 valence electrons. The van der Waals surface area contributed by atoms with E-state index in [0.717, 1.165) is 21.6 Å². The third-order valence-electron chi connectivity index (χ3n) is 5.41. The van der Waals surface area contributed by atoms with Crippen molar-refractivity contribution in [3.8, 4) is 0 Å². The van der Waals surface area contributed by atoms with Crippen molar-refractivity contribution in [2.45, 2.75) is 20.8 Å². The highest BCUT2D eigenvalue weighted by Crippen LogP contribution is 2.32. The van der Waals surface area contributed by atoms with Crippen LogP contribution in [0.3, 0.4) is 0 Å². The first-order valence-electron chi connectivity index (χ1n) is 10.4. The Morgan fingerprint density at radius 2 is 1.61 bits per heavy atom. The van der Waals surface area contributed by atoms with Gasteiger partial charge in [-0.1, -0.05) is 53.6 Å². The Balaban J connectivity index is 1.56. The van der Waals surface area contributed by atoms with Crippen LogP contribution in [0.5, 0.6) is 0 Å². The SMILES string of the molecule is Cc1ccc(N2C(=O)C(Cl)=C(Nc3cccc(C(=O)Nc4ccccc4C)c3)C2=O)c(C)c1. The fraction of sp³-hybridized carbons (Fsp3) is 0.115. The van der Waals surface area contributed by atoms with Gasteiger partial charge in [-0.15, -0.1) is 0 Å². The summed E-state index contributed by atoms with van der Waals surface area (Å²) in [6, 6.07) is 19.6. The predicted octanol–water partition coefficient (Wildman–Crippen LogP) is 5.30. The molecule has 4 rings (SSSR count). The molecule has 0 unspecified atom stereocenters. The summed E-state index contributed by atoms with van der Waals surface area (Å²) in [4.78, 5) is 39.7. The predicted molar refractivity (Wildman–Crippen MR) is 130 cm³/mol. The molecule has 1 aliphatic rings. The van der Waals surface area contributed by atoms with Gasteiger partial charge in [0.25, 0.3) is 17.7 Å². The monoisotopic (exact) mass is 459 g/mol. The van der Waals surface area contributed by atoms with E-state index < -0.39 is 11.8 Å². The Hall–Kier alpha value is -3.90. The van der Waals surface area contributed by atoms with E-state index in [-0.39, 0.29) is 16.6 Å². The number of benzene rings is 3. The number of nitrogens with one attached hydrogen (secondary N) is 2. The van der Waals surface area contributed by atoms with E-state index in [4.69, 9.17) is 11.6 Å². The standard InChI is InChI=1S/C26H22ClN3O3/c1-15-11-12-21(17(3)13-15)30-25(32)22(27)23(26(30)33)28-19-9-6-8-18(14-19)24(31)29-20-10-5-4-7-16(20)2/h4-14,28H,1-3H3,(H,29,31). The number of imide groups is 1. The van der Waals surface area contributed by atoms with Gasteiger partial charge in [0.2, 0.25) is 0 Å². The van der Waals surface area contributed by atoms with E-state index in [1.54, 1.807) is 30.3 Å². The van der Waals surface area contributed by atoms with Gasteiger partial charge < -0.3 is 10.6 Å². The molecule has 1 heterocycles. The van der Waals surface area contributed by atoms with Crippen molar-refractivity contribution in [1.82, 2.24) is 0 Å². The zero-order valence-corrected chi connectivity index (χ0v) is 19.2. The van der Waals surface area contributed by atoms with Crippen LogP contribution >= 0.6 is 11.6 Å². The molecule has 7 heteroatoms. The van der Waals surface area contributed by atoms with Crippen molar-refractivity contribution in [2.24, 2.45) is 0 Å². The number of halogens is 1. The van der Waals surface area contributed by atoms with Crippen LogP contribution in [-0.4, -0.2) is 17.7 Å². The first-order chi connectivity index (χ1) is 15.8. The molecule has 0 saturated heterocycles. The number of nitrogens with zero attached hydrogens (tertiary/aromatic N) is 1. The third kappa shape index (κ3) is 4.38. The summed E-state index contributed by atoms with van der Waals surface area (Å²) in [5.74, 6) is -1.44. The minimum absolute atomic E-state index is 0.0295. The minimum Gasteiger partial charge on any atom is -0.350 e. The molecule has 0 fully saturated rings. The Morgan fingerprint density at radius 3 is 2.33 bits per heavy atom. The summed E-state index contributed by atoms with van der Waals surface area (Å²) >= 11 is 6.25. The van der Waals surface area contributed by atoms with E-state index in [0.29, 0.717) is 22.6 Å². The van der Waals surface area contributed by atoms with Crippen LogP contribution in [-0.2, 0) is 9.59 Å². The molecule has 3 aromatic carbocycles. The maximum atomic E-state index is 13.1. The average molecular weight is 460 g/mol. The van der Waals surface area contributed by atoms with Crippen LogP contribution in [0.25, 0.3) is 0 Å². The maximum absolute atomic E-state index is 13.1. The summed E-state index contributed by atoms with van der Waals surface area (Å²) < 4.78 is 0. The number of para-hydroxylation sites is 1. The number of amides is 3. The summed E-state index contributed by atoms with van der Waals surface area (Å²) in [6.45, 7) is 5.68. The Bertz CT molecular complexity index is 1330. The fourth-order valence-corrected chi connectivity index (χ4v) is 3.89. The van der Waals surface area contributed by atoms with Crippen LogP contribution in [0.1, 0.15) is 27.0 Å². The largest absolute Gasteiger partial charge is 0.350 e. The second-order valence-electron chi connectivity index (χ2n) is 7.90. The van der Waals surface area contributed by atoms with Crippen molar-refractivity contribution in [1.29, 1.82) is 0 Å². The second-order valence-corrected chi connectivity index (χ2v) is 8.28. The van der Waals surface area contributed by atoms with E-state index in [1.807, 2.05) is 57.2 Å². The molecule has 0 radical (unpaired) electrons. The Kier molecular flexibility index (Phi) is 6.03. The number of carbonyl (C=O) groups is 3. The molecular weight excluding hydrogens is 438 g/mol. The molecule has 0 saturated carbocycles. The van der Waals surface area contributed by atoms with E-state index in [1.165, 1.54) is 0 Å². The van der Waals surface area contributed by atoms with E-state index in [2.05, 4.69) is 10.6 Å². The van der Waals surface area contributed by atoms with Crippen LogP contribution in [0.4, 0.5) is 17.1 Å². The number of hydrogen-bond acceptors (Lipinski definition) is 4. The number of aryl methyl sites for hydroxylation is 3. The van der Waals surface area contributed by atoms with Crippen LogP contribution in [0, 0.1) is 20.8 Å². The van der Waals surface area contributed by atoms with Crippen molar-refractivity contribution in [3.63, 3.8) is 0 Å². The van der Waals surface area contributed by atoms with E-state index in [9.17, 15) is 14.4 Å². The van der Waals surface area contributed by atoms with Gasteiger partial charge in [0.15, 0.2) is 0 Å². The summed E-state index contributed by atoms with van der Waals surface area (Å²) in [7, 11) is 0. The minimum atomic E-state index is -0.593. The lowest BCUT2D eigenvalue weighted by atomic mass is 10.1. The number of rotatable bonds is 5. The Morgan fingerprint density at radius 1 is 0.848 bits per heavy atom. The molecular formula is C26H22ClN3O3. The van der Waals surface area contributed by atoms with Crippen molar-refractivity contribution < 1.29 is 14.4 Å². The number of anilines is 3. The highest BCUT2D eigenvalue weighted by Gasteiger charge is 2.39. The zero-order chi connectivity index (χ0) is 23.7. The smallest absolute Gasteiger partial charge is 0.283 e. The molecule has 6 nitrogen and oxygen atoms in total. The molecule has 0 atom stereocenters. The van der Waals surface area contributed by atoms with Crippen LogP contribution in [0.15, 0.2) is 77.5 Å². The summed E-state index contributed by atoms with van der Waals surface area (Å²) in [6.07, 6.45) is 0. The lowest BCUT2D eigenvalue weighted by Gasteiger charge is -2.18. The molecule has 3 aromatic rings. The van der Waals surface area contributed by atoms with Crippen LogP contribution in [0.2, 0.25) is 0 Å². The highest BCUT2D eigenvalue weighted by atomic mass is 35.5. The molecule has 33 heavy (non-hydrogen) atoms. The van der Waals surface area contributed by atoms with Gasteiger partial charge in [-0.3, -0.25) is 14.4 Å². The Labute approximate surface area is 196 Å². The lowest BCUT2D eigenvalue weighted by molar-refractivity contribution is -0.120. The molecule has 3 amide bonds. The number of hydrogen-bond donors (Lipinski definition) is 2. The first kappa shape index (κ1) is 22.3. The molecule has 2 N–H and O–H groups in total. The van der Waals surface area contributed by atoms with Gasteiger partial charge in [-0.2, -0.15) is 0 Å². The van der Waals surface area contributed by atoms with Gasteiger partial charge in [-0.05, 0) is 62.2 Å². The summed E-state index contributed by atoms with van der Waals surface area (Å²) in [5.41, 5.74) is 4.78. The van der Waals surface area contributed by atoms with Gasteiger partial charge >= 0.3 is 0 Å². The number of carbonyl (C=O) groups excluding carboxylic acids is 3. The molecule has 0 aliphatic carbocycles. The van der Waals surface area contributed by atoms with Crippen molar-refractivity contribution in [2.75, 3.05) is 15.5 Å².